The summed E-state index contributed by atoms with van der Waals surface area (Å²) in [5.41, 5.74) is 2.11. The van der Waals surface area contributed by atoms with E-state index in [-0.39, 0.29) is 24.3 Å². The average Bonchev–Trinajstić information content (AvgIpc) is 3.38. The molecule has 6 nitrogen and oxygen atoms in total. The Morgan fingerprint density at radius 2 is 1.86 bits per heavy atom. The molecule has 1 amide bonds. The first kappa shape index (κ1) is 23.9. The molecule has 2 heterocycles. The van der Waals surface area contributed by atoms with Crippen molar-refractivity contribution in [1.82, 2.24) is 20.4 Å². The predicted octanol–water partition coefficient (Wildman–Crippen LogP) is 4.61. The molecule has 2 atom stereocenters. The lowest BCUT2D eigenvalue weighted by molar-refractivity contribution is -0.132. The Morgan fingerprint density at radius 1 is 1.08 bits per heavy atom. The Hall–Kier alpha value is -3.78. The van der Waals surface area contributed by atoms with Gasteiger partial charge in [-0.05, 0) is 60.8 Å². The normalized spacial score (nSPS) is 18.0. The van der Waals surface area contributed by atoms with Gasteiger partial charge in [0.1, 0.15) is 12.5 Å². The van der Waals surface area contributed by atoms with Crippen molar-refractivity contribution in [2.75, 3.05) is 31.6 Å². The smallest absolute Gasteiger partial charge is 0.249 e. The topological polar surface area (TPSA) is 73.1 Å². The molecule has 1 saturated heterocycles. The number of likely N-dealkylation sites (tertiary alicyclic amines) is 1. The summed E-state index contributed by atoms with van der Waals surface area (Å²) in [6.07, 6.45) is 3.58. The average molecular weight is 490 g/mol. The number of aromatic amines is 1. The molecule has 0 spiro atoms. The van der Waals surface area contributed by atoms with Crippen LogP contribution in [0.4, 0.5) is 14.5 Å². The van der Waals surface area contributed by atoms with Crippen LogP contribution in [0, 0.1) is 5.82 Å². The standard InChI is InChI=1S/C28H29F2N5O/c29-14-15-31-27(36)28(21-5-2-1-3-6-21,22-8-10-23(30)11-9-22)35-16-4-7-25(19-35)33-24-12-13-26-20(17-24)18-32-34-26/h1-3,5-6,8-13,17-18,25,33H,4,7,14-16,19H2,(H,31,36)(H,32,34). The zero-order chi connectivity index (χ0) is 25.0. The molecule has 8 heteroatoms. The summed E-state index contributed by atoms with van der Waals surface area (Å²) in [4.78, 5) is 16.1. The summed E-state index contributed by atoms with van der Waals surface area (Å²) in [5.74, 6) is -0.698. The van der Waals surface area contributed by atoms with E-state index in [1.165, 1.54) is 12.1 Å². The molecule has 3 N–H and O–H groups in total. The molecule has 0 saturated carbocycles. The number of nitrogens with one attached hydrogen (secondary N) is 3. The number of benzene rings is 3. The van der Waals surface area contributed by atoms with E-state index in [0.29, 0.717) is 18.7 Å². The Labute approximate surface area is 208 Å². The van der Waals surface area contributed by atoms with Gasteiger partial charge >= 0.3 is 0 Å². The second-order valence-electron chi connectivity index (χ2n) is 9.13. The van der Waals surface area contributed by atoms with E-state index >= 15 is 0 Å². The van der Waals surface area contributed by atoms with E-state index in [0.717, 1.165) is 35.0 Å². The van der Waals surface area contributed by atoms with Crippen molar-refractivity contribution in [2.24, 2.45) is 0 Å². The molecule has 5 rings (SSSR count). The lowest BCUT2D eigenvalue weighted by Crippen LogP contribution is -2.61. The Bertz CT molecular complexity index is 1310. The van der Waals surface area contributed by atoms with Crippen LogP contribution in [0.5, 0.6) is 0 Å². The maximum Gasteiger partial charge on any atom is 0.249 e. The molecule has 1 aromatic heterocycles. The van der Waals surface area contributed by atoms with Crippen LogP contribution in [-0.4, -0.2) is 53.4 Å². The predicted molar refractivity (Wildman–Crippen MR) is 137 cm³/mol. The maximum atomic E-state index is 13.9. The molecule has 3 aromatic carbocycles. The van der Waals surface area contributed by atoms with Gasteiger partial charge in [-0.2, -0.15) is 5.10 Å². The lowest BCUT2D eigenvalue weighted by Gasteiger charge is -2.47. The van der Waals surface area contributed by atoms with E-state index in [1.807, 2.05) is 42.5 Å². The summed E-state index contributed by atoms with van der Waals surface area (Å²) in [6.45, 7) is 0.475. The molecule has 1 aliphatic rings. The minimum absolute atomic E-state index is 0.0700. The van der Waals surface area contributed by atoms with Crippen molar-refractivity contribution < 1.29 is 13.6 Å². The number of amides is 1. The van der Waals surface area contributed by atoms with Gasteiger partial charge in [0.25, 0.3) is 0 Å². The molecule has 1 fully saturated rings. The number of nitrogens with zero attached hydrogens (tertiary/aromatic N) is 2. The highest BCUT2D eigenvalue weighted by Crippen LogP contribution is 2.39. The van der Waals surface area contributed by atoms with Crippen LogP contribution in [0.3, 0.4) is 0 Å². The number of alkyl halides is 1. The van der Waals surface area contributed by atoms with Crippen LogP contribution in [0.1, 0.15) is 24.0 Å². The van der Waals surface area contributed by atoms with Crippen molar-refractivity contribution in [3.8, 4) is 0 Å². The number of hydrogen-bond acceptors (Lipinski definition) is 4. The molecule has 4 aromatic rings. The second-order valence-corrected chi connectivity index (χ2v) is 9.13. The van der Waals surface area contributed by atoms with E-state index < -0.39 is 12.2 Å². The van der Waals surface area contributed by atoms with Gasteiger partial charge in [0.05, 0.1) is 11.7 Å². The third-order valence-corrected chi connectivity index (χ3v) is 6.87. The van der Waals surface area contributed by atoms with Crippen molar-refractivity contribution >= 4 is 22.5 Å². The maximum absolute atomic E-state index is 13.9. The Kier molecular flexibility index (Phi) is 6.95. The van der Waals surface area contributed by atoms with Gasteiger partial charge < -0.3 is 10.6 Å². The highest BCUT2D eigenvalue weighted by atomic mass is 19.1. The van der Waals surface area contributed by atoms with Crippen LogP contribution in [0.2, 0.25) is 0 Å². The molecule has 36 heavy (non-hydrogen) atoms. The lowest BCUT2D eigenvalue weighted by atomic mass is 9.78. The highest BCUT2D eigenvalue weighted by molar-refractivity contribution is 5.91. The zero-order valence-corrected chi connectivity index (χ0v) is 19.9. The molecule has 1 aliphatic heterocycles. The van der Waals surface area contributed by atoms with Gasteiger partial charge in [-0.1, -0.05) is 42.5 Å². The summed E-state index contributed by atoms with van der Waals surface area (Å²) in [6, 6.07) is 21.6. The summed E-state index contributed by atoms with van der Waals surface area (Å²) in [5, 5.41) is 14.5. The molecule has 186 valence electrons. The van der Waals surface area contributed by atoms with E-state index in [1.54, 1.807) is 18.3 Å². The summed E-state index contributed by atoms with van der Waals surface area (Å²) in [7, 11) is 0. The summed E-state index contributed by atoms with van der Waals surface area (Å²) >= 11 is 0. The van der Waals surface area contributed by atoms with Gasteiger partial charge in [0.15, 0.2) is 5.54 Å². The largest absolute Gasteiger partial charge is 0.381 e. The fourth-order valence-corrected chi connectivity index (χ4v) is 5.26. The third-order valence-electron chi connectivity index (χ3n) is 6.87. The number of hydrogen-bond donors (Lipinski definition) is 3. The van der Waals surface area contributed by atoms with Gasteiger partial charge in [0, 0.05) is 30.2 Å². The van der Waals surface area contributed by atoms with Crippen molar-refractivity contribution in [2.45, 2.75) is 24.4 Å². The van der Waals surface area contributed by atoms with E-state index in [9.17, 15) is 13.6 Å². The third kappa shape index (κ3) is 4.56. The number of carbonyl (C=O) groups is 1. The molecule has 0 aliphatic carbocycles. The van der Waals surface area contributed by atoms with Crippen molar-refractivity contribution in [3.63, 3.8) is 0 Å². The van der Waals surface area contributed by atoms with Crippen molar-refractivity contribution in [1.29, 1.82) is 0 Å². The minimum atomic E-state index is -1.24. The fourth-order valence-electron chi connectivity index (χ4n) is 5.26. The first-order chi connectivity index (χ1) is 17.6. The highest BCUT2D eigenvalue weighted by Gasteiger charge is 2.48. The Balaban J connectivity index is 1.54. The second kappa shape index (κ2) is 10.5. The van der Waals surface area contributed by atoms with Crippen LogP contribution in [0.25, 0.3) is 10.9 Å². The number of aromatic nitrogens is 2. The number of piperidine rings is 1. The zero-order valence-electron chi connectivity index (χ0n) is 19.9. The SMILES string of the molecule is O=C(NCCF)C(c1ccccc1)(c1ccc(F)cc1)N1CCCC(Nc2ccc3[nH]ncc3c2)C1. The molecule has 0 bridgehead atoms. The van der Waals surface area contributed by atoms with Crippen LogP contribution >= 0.6 is 0 Å². The number of fused-ring (bicyclic) bond motifs is 1. The summed E-state index contributed by atoms with van der Waals surface area (Å²) < 4.78 is 27.1. The number of rotatable bonds is 8. The monoisotopic (exact) mass is 489 g/mol. The van der Waals surface area contributed by atoms with Crippen LogP contribution in [0.15, 0.2) is 79.0 Å². The molecule has 0 radical (unpaired) electrons. The molecule has 2 unspecified atom stereocenters. The van der Waals surface area contributed by atoms with Crippen molar-refractivity contribution in [3.05, 3.63) is 95.9 Å². The van der Waals surface area contributed by atoms with Gasteiger partial charge in [-0.15, -0.1) is 0 Å². The van der Waals surface area contributed by atoms with Gasteiger partial charge in [-0.3, -0.25) is 14.8 Å². The van der Waals surface area contributed by atoms with Crippen LogP contribution < -0.4 is 10.6 Å². The van der Waals surface area contributed by atoms with E-state index in [2.05, 4.69) is 31.8 Å². The Morgan fingerprint density at radius 3 is 2.64 bits per heavy atom. The number of H-pyrrole nitrogens is 1. The molecular formula is C28H29F2N5O. The van der Waals surface area contributed by atoms with Gasteiger partial charge in [0.2, 0.25) is 5.91 Å². The van der Waals surface area contributed by atoms with E-state index in [4.69, 9.17) is 0 Å². The number of carbonyl (C=O) groups excluding carboxylic acids is 1. The number of anilines is 1. The molecular weight excluding hydrogens is 460 g/mol. The minimum Gasteiger partial charge on any atom is -0.381 e. The van der Waals surface area contributed by atoms with Gasteiger partial charge in [-0.25, -0.2) is 8.78 Å². The quantitative estimate of drug-likeness (QED) is 0.338. The first-order valence-electron chi connectivity index (χ1n) is 12.2. The first-order valence-corrected chi connectivity index (χ1v) is 12.2. The fraction of sp³-hybridized carbons (Fsp3) is 0.286. The number of halogens is 2. The van der Waals surface area contributed by atoms with Crippen LogP contribution in [-0.2, 0) is 10.3 Å².